The van der Waals surface area contributed by atoms with Crippen LogP contribution in [0.1, 0.15) is 50.8 Å². The molecule has 2 N–H and O–H groups in total. The van der Waals surface area contributed by atoms with Crippen LogP contribution in [-0.4, -0.2) is 69.4 Å². The van der Waals surface area contributed by atoms with Gasteiger partial charge < -0.3 is 15.4 Å². The first kappa shape index (κ1) is 21.3. The molecule has 6 atom stereocenters. The van der Waals surface area contributed by atoms with Crippen molar-refractivity contribution in [1.29, 1.82) is 0 Å². The number of hydrogen-bond acceptors (Lipinski definition) is 6. The monoisotopic (exact) mass is 458 g/mol. The lowest BCUT2D eigenvalue weighted by Gasteiger charge is -2.37. The van der Waals surface area contributed by atoms with Gasteiger partial charge in [0.25, 0.3) is 0 Å². The highest BCUT2D eigenvalue weighted by atomic mass is 19.3. The standard InChI is InChI=1S/C24H32F2N6O/c1-12(2)32-20(8-19(29-32)13-4-21(33-24(25)26)23(27)28-9-13)22-17-6-14(7-18(17)22)31-11-15-5-16(31)10-30(15)3/h4,8-9,12,14-18,22,24H,5-7,10-11H2,1-3H3,(H2,27,28)/t14?,15-,16-,17-,18+,22+/m0/s1. The van der Waals surface area contributed by atoms with E-state index in [4.69, 9.17) is 10.8 Å². The normalized spacial score (nSPS) is 33.4. The smallest absolute Gasteiger partial charge is 0.387 e. The molecular weight excluding hydrogens is 426 g/mol. The Hall–Kier alpha value is -2.26. The highest BCUT2D eigenvalue weighted by molar-refractivity contribution is 5.64. The van der Waals surface area contributed by atoms with Crippen molar-refractivity contribution < 1.29 is 13.5 Å². The second-order valence-corrected chi connectivity index (χ2v) is 10.6. The maximum absolute atomic E-state index is 12.7. The highest BCUT2D eigenvalue weighted by Gasteiger charge is 2.60. The zero-order chi connectivity index (χ0) is 23.0. The third-order valence-electron chi connectivity index (χ3n) is 8.43. The molecule has 4 aliphatic rings. The van der Waals surface area contributed by atoms with Crippen molar-refractivity contribution in [3.05, 3.63) is 24.0 Å². The lowest BCUT2D eigenvalue weighted by molar-refractivity contribution is -0.0494. The number of likely N-dealkylation sites (N-methyl/N-ethyl adjacent to an activating group) is 1. The molecular formula is C24H32F2N6O. The average Bonchev–Trinajstić information content (AvgIpc) is 3.29. The van der Waals surface area contributed by atoms with Gasteiger partial charge >= 0.3 is 6.61 Å². The van der Waals surface area contributed by atoms with E-state index >= 15 is 0 Å². The van der Waals surface area contributed by atoms with Gasteiger partial charge in [0, 0.05) is 60.6 Å². The van der Waals surface area contributed by atoms with Gasteiger partial charge in [-0.15, -0.1) is 0 Å². The fourth-order valence-electron chi connectivity index (χ4n) is 6.86. The molecule has 178 valence electrons. The van der Waals surface area contributed by atoms with Crippen molar-refractivity contribution in [3.8, 4) is 17.0 Å². The van der Waals surface area contributed by atoms with Gasteiger partial charge in [-0.05, 0) is 64.1 Å². The second-order valence-electron chi connectivity index (χ2n) is 10.6. The molecule has 0 aromatic carbocycles. The van der Waals surface area contributed by atoms with Crippen LogP contribution >= 0.6 is 0 Å². The first-order valence-corrected chi connectivity index (χ1v) is 12.1. The molecule has 33 heavy (non-hydrogen) atoms. The fraction of sp³-hybridized carbons (Fsp3) is 0.667. The Morgan fingerprint density at radius 1 is 1.06 bits per heavy atom. The zero-order valence-corrected chi connectivity index (χ0v) is 19.4. The number of fused-ring (bicyclic) bond motifs is 3. The first-order chi connectivity index (χ1) is 15.8. The summed E-state index contributed by atoms with van der Waals surface area (Å²) in [4.78, 5) is 9.36. The quantitative estimate of drug-likeness (QED) is 0.713. The Morgan fingerprint density at radius 2 is 1.82 bits per heavy atom. The van der Waals surface area contributed by atoms with E-state index in [1.54, 1.807) is 6.20 Å². The molecule has 0 radical (unpaired) electrons. The van der Waals surface area contributed by atoms with E-state index in [2.05, 4.69) is 51.2 Å². The third-order valence-corrected chi connectivity index (χ3v) is 8.43. The van der Waals surface area contributed by atoms with Crippen LogP contribution in [0.2, 0.25) is 0 Å². The number of nitrogen functional groups attached to an aromatic ring is 1. The number of rotatable bonds is 6. The van der Waals surface area contributed by atoms with Crippen LogP contribution < -0.4 is 10.5 Å². The van der Waals surface area contributed by atoms with Crippen molar-refractivity contribution in [1.82, 2.24) is 24.6 Å². The highest BCUT2D eigenvalue weighted by Crippen LogP contribution is 2.64. The van der Waals surface area contributed by atoms with Crippen LogP contribution in [0.5, 0.6) is 5.75 Å². The summed E-state index contributed by atoms with van der Waals surface area (Å²) in [6, 6.07) is 6.06. The Kier molecular flexibility index (Phi) is 4.92. The average molecular weight is 459 g/mol. The Balaban J connectivity index is 1.20. The summed E-state index contributed by atoms with van der Waals surface area (Å²) >= 11 is 0. The summed E-state index contributed by atoms with van der Waals surface area (Å²) in [6.07, 6.45) is 5.46. The van der Waals surface area contributed by atoms with Crippen molar-refractivity contribution in [2.24, 2.45) is 11.8 Å². The van der Waals surface area contributed by atoms with Crippen LogP contribution in [-0.2, 0) is 0 Å². The number of anilines is 1. The van der Waals surface area contributed by atoms with Crippen LogP contribution in [0.25, 0.3) is 11.3 Å². The lowest BCUT2D eigenvalue weighted by Crippen LogP contribution is -2.48. The van der Waals surface area contributed by atoms with Crippen molar-refractivity contribution >= 4 is 5.82 Å². The Bertz CT molecular complexity index is 1040. The molecule has 2 aromatic rings. The molecule has 2 saturated heterocycles. The van der Waals surface area contributed by atoms with Crippen LogP contribution in [0, 0.1) is 11.8 Å². The van der Waals surface area contributed by atoms with Crippen LogP contribution in [0.3, 0.4) is 0 Å². The molecule has 2 aliphatic heterocycles. The zero-order valence-electron chi connectivity index (χ0n) is 19.4. The summed E-state index contributed by atoms with van der Waals surface area (Å²) in [5, 5.41) is 4.83. The molecule has 2 aromatic heterocycles. The molecule has 4 fully saturated rings. The third kappa shape index (κ3) is 3.51. The van der Waals surface area contributed by atoms with Gasteiger partial charge in [0.15, 0.2) is 11.6 Å². The van der Waals surface area contributed by atoms with E-state index in [1.807, 2.05) is 0 Å². The summed E-state index contributed by atoms with van der Waals surface area (Å²) in [6.45, 7) is 3.77. The number of nitrogens with zero attached hydrogens (tertiary/aromatic N) is 5. The van der Waals surface area contributed by atoms with E-state index in [9.17, 15) is 8.78 Å². The van der Waals surface area contributed by atoms with Gasteiger partial charge in [-0.3, -0.25) is 9.58 Å². The Labute approximate surface area is 192 Å². The molecule has 0 amide bonds. The van der Waals surface area contributed by atoms with Gasteiger partial charge in [-0.2, -0.15) is 13.9 Å². The minimum Gasteiger partial charge on any atom is -0.431 e. The predicted molar refractivity (Wildman–Crippen MR) is 121 cm³/mol. The van der Waals surface area contributed by atoms with Crippen molar-refractivity contribution in [3.63, 3.8) is 0 Å². The summed E-state index contributed by atoms with van der Waals surface area (Å²) < 4.78 is 32.1. The maximum atomic E-state index is 12.7. The van der Waals surface area contributed by atoms with Gasteiger partial charge in [-0.1, -0.05) is 0 Å². The summed E-state index contributed by atoms with van der Waals surface area (Å²) in [5.74, 6) is 1.81. The van der Waals surface area contributed by atoms with Gasteiger partial charge in [0.1, 0.15) is 0 Å². The summed E-state index contributed by atoms with van der Waals surface area (Å²) in [7, 11) is 2.26. The largest absolute Gasteiger partial charge is 0.431 e. The lowest BCUT2D eigenvalue weighted by atomic mass is 10.0. The minimum absolute atomic E-state index is 0.0489. The number of piperazine rings is 1. The number of likely N-dealkylation sites (tertiary alicyclic amines) is 2. The molecule has 4 heterocycles. The number of aromatic nitrogens is 3. The van der Waals surface area contributed by atoms with Gasteiger partial charge in [0.05, 0.1) is 5.69 Å². The van der Waals surface area contributed by atoms with E-state index in [-0.39, 0.29) is 17.6 Å². The molecule has 1 unspecified atom stereocenters. The van der Waals surface area contributed by atoms with Crippen LogP contribution in [0.4, 0.5) is 14.6 Å². The SMILES string of the molecule is CC(C)n1nc(-c2cnc(N)c(OC(F)F)c2)cc1[C@H]1[C@@H]2CC(N3C[C@@H]4C[C@H]3CN4C)C[C@@H]21. The number of nitrogens with two attached hydrogens (primary N) is 1. The molecule has 0 spiro atoms. The molecule has 7 nitrogen and oxygen atoms in total. The molecule has 6 rings (SSSR count). The fourth-order valence-corrected chi connectivity index (χ4v) is 6.86. The van der Waals surface area contributed by atoms with E-state index in [0.29, 0.717) is 11.5 Å². The summed E-state index contributed by atoms with van der Waals surface area (Å²) in [5.41, 5.74) is 8.34. The van der Waals surface area contributed by atoms with E-state index in [0.717, 1.165) is 35.7 Å². The number of ether oxygens (including phenoxy) is 1. The van der Waals surface area contributed by atoms with Crippen LogP contribution in [0.15, 0.2) is 18.3 Å². The first-order valence-electron chi connectivity index (χ1n) is 12.1. The maximum Gasteiger partial charge on any atom is 0.387 e. The number of halogens is 2. The van der Waals surface area contributed by atoms with E-state index < -0.39 is 6.61 Å². The predicted octanol–water partition coefficient (Wildman–Crippen LogP) is 3.59. The minimum atomic E-state index is -2.95. The number of alkyl halides is 2. The van der Waals surface area contributed by atoms with Crippen molar-refractivity contribution in [2.75, 3.05) is 25.9 Å². The molecule has 2 aliphatic carbocycles. The second kappa shape index (κ2) is 7.63. The van der Waals surface area contributed by atoms with Gasteiger partial charge in [-0.25, -0.2) is 4.98 Å². The topological polar surface area (TPSA) is 72.4 Å². The molecule has 9 heteroatoms. The Morgan fingerprint density at radius 3 is 2.42 bits per heavy atom. The molecule has 2 saturated carbocycles. The number of pyridine rings is 1. The van der Waals surface area contributed by atoms with E-state index in [1.165, 1.54) is 44.1 Å². The van der Waals surface area contributed by atoms with Crippen molar-refractivity contribution in [2.45, 2.75) is 69.8 Å². The molecule has 2 bridgehead atoms. The van der Waals surface area contributed by atoms with Gasteiger partial charge in [0.2, 0.25) is 0 Å². The number of hydrogen-bond donors (Lipinski definition) is 1.